The number of alkyl halides is 3. The van der Waals surface area contributed by atoms with Crippen molar-refractivity contribution in [1.29, 1.82) is 0 Å². The highest BCUT2D eigenvalue weighted by Gasteiger charge is 2.40. The molecule has 0 spiro atoms. The maximum absolute atomic E-state index is 15.6. The first-order chi connectivity index (χ1) is 17.8. The van der Waals surface area contributed by atoms with Crippen molar-refractivity contribution >= 4 is 40.1 Å². The predicted octanol–water partition coefficient (Wildman–Crippen LogP) is 5.16. The van der Waals surface area contributed by atoms with E-state index < -0.39 is 52.4 Å². The lowest BCUT2D eigenvalue weighted by molar-refractivity contribution is -0.137. The molecule has 0 saturated heterocycles. The Morgan fingerprint density at radius 1 is 1.16 bits per heavy atom. The van der Waals surface area contributed by atoms with Crippen LogP contribution in [-0.2, 0) is 13.2 Å². The molecule has 2 heterocycles. The molecule has 0 aliphatic carbocycles. The molecule has 196 valence electrons. The summed E-state index contributed by atoms with van der Waals surface area (Å²) in [5, 5.41) is 10.4. The summed E-state index contributed by atoms with van der Waals surface area (Å²) in [6, 6.07) is 4.39. The van der Waals surface area contributed by atoms with E-state index in [1.165, 1.54) is 16.8 Å². The highest BCUT2D eigenvalue weighted by Crippen LogP contribution is 2.47. The summed E-state index contributed by atoms with van der Waals surface area (Å²) in [7, 11) is 3.16. The second-order valence-electron chi connectivity index (χ2n) is 8.65. The zero-order valence-electron chi connectivity index (χ0n) is 19.6. The van der Waals surface area contributed by atoms with Crippen LogP contribution in [0.4, 0.5) is 27.8 Å². The fourth-order valence-electron chi connectivity index (χ4n) is 4.86. The molecule has 2 amide bonds. The molecule has 7 nitrogen and oxygen atoms in total. The number of hydrogen-bond donors (Lipinski definition) is 3. The van der Waals surface area contributed by atoms with Gasteiger partial charge in [0.1, 0.15) is 23.0 Å². The molecule has 1 atom stereocenters. The van der Waals surface area contributed by atoms with Crippen molar-refractivity contribution in [3.8, 4) is 11.1 Å². The van der Waals surface area contributed by atoms with Crippen molar-refractivity contribution in [2.24, 2.45) is 12.8 Å². The van der Waals surface area contributed by atoms with Crippen LogP contribution in [0.25, 0.3) is 22.0 Å². The Labute approximate surface area is 216 Å². The smallest absolute Gasteiger partial charge is 0.373 e. The van der Waals surface area contributed by atoms with Crippen LogP contribution in [0.1, 0.15) is 43.4 Å². The number of nitrogens with zero attached hydrogens (tertiary/aromatic N) is 2. The lowest BCUT2D eigenvalue weighted by Crippen LogP contribution is -2.21. The molecule has 5 rings (SSSR count). The molecule has 13 heteroatoms. The Morgan fingerprint density at radius 2 is 1.87 bits per heavy atom. The maximum atomic E-state index is 15.6. The van der Waals surface area contributed by atoms with Crippen LogP contribution in [0.5, 0.6) is 0 Å². The number of aromatic nitrogens is 2. The number of fused-ring (bicyclic) bond motifs is 3. The van der Waals surface area contributed by atoms with Crippen molar-refractivity contribution in [3.63, 3.8) is 0 Å². The first-order valence-electron chi connectivity index (χ1n) is 11.0. The van der Waals surface area contributed by atoms with Crippen molar-refractivity contribution in [2.45, 2.75) is 12.2 Å². The predicted molar refractivity (Wildman–Crippen MR) is 130 cm³/mol. The lowest BCUT2D eigenvalue weighted by Gasteiger charge is -2.20. The van der Waals surface area contributed by atoms with E-state index in [2.05, 4.69) is 15.7 Å². The molecule has 0 fully saturated rings. The number of amides is 2. The Balaban J connectivity index is 1.95. The van der Waals surface area contributed by atoms with Crippen LogP contribution in [0.3, 0.4) is 0 Å². The van der Waals surface area contributed by atoms with Gasteiger partial charge in [-0.25, -0.2) is 8.78 Å². The molecule has 38 heavy (non-hydrogen) atoms. The van der Waals surface area contributed by atoms with Gasteiger partial charge in [0.05, 0.1) is 22.7 Å². The minimum Gasteiger partial charge on any atom is -0.373 e. The summed E-state index contributed by atoms with van der Waals surface area (Å²) in [6.45, 7) is 0. The largest absolute Gasteiger partial charge is 0.416 e. The number of aryl methyl sites for hydroxylation is 1. The number of carbonyl (C=O) groups excluding carboxylic acids is 2. The number of hydrogen-bond acceptors (Lipinski definition) is 4. The molecule has 0 bridgehead atoms. The maximum Gasteiger partial charge on any atom is 0.416 e. The average molecular weight is 550 g/mol. The Bertz CT molecular complexity index is 1680. The van der Waals surface area contributed by atoms with Crippen LogP contribution in [0, 0.1) is 11.6 Å². The molecule has 4 aromatic rings. The van der Waals surface area contributed by atoms with Gasteiger partial charge in [-0.1, -0.05) is 11.6 Å². The van der Waals surface area contributed by atoms with Crippen LogP contribution >= 0.6 is 11.6 Å². The molecule has 3 aromatic carbocycles. The van der Waals surface area contributed by atoms with Gasteiger partial charge in [0.15, 0.2) is 0 Å². The second kappa shape index (κ2) is 8.69. The zero-order chi connectivity index (χ0) is 27.7. The SMILES string of the molecule is CNc1c2cc(-c3c(F)cc(C(F)(F)F)cc3C(N)=O)c3c(c2nn1C)C(=O)NC3c1cc(F)ccc1Cl. The molecular weight excluding hydrogens is 533 g/mol. The molecule has 0 radical (unpaired) electrons. The van der Waals surface area contributed by atoms with E-state index in [-0.39, 0.29) is 38.9 Å². The quantitative estimate of drug-likeness (QED) is 0.306. The summed E-state index contributed by atoms with van der Waals surface area (Å²) in [4.78, 5) is 25.6. The van der Waals surface area contributed by atoms with E-state index >= 15 is 4.39 Å². The van der Waals surface area contributed by atoms with Gasteiger partial charge in [0.25, 0.3) is 5.91 Å². The van der Waals surface area contributed by atoms with Crippen LogP contribution in [0.2, 0.25) is 5.02 Å². The van der Waals surface area contributed by atoms with E-state index in [0.717, 1.165) is 12.1 Å². The van der Waals surface area contributed by atoms with Gasteiger partial charge in [0.2, 0.25) is 5.91 Å². The van der Waals surface area contributed by atoms with Crippen molar-refractivity contribution in [3.05, 3.63) is 80.9 Å². The third kappa shape index (κ3) is 3.83. The van der Waals surface area contributed by atoms with Gasteiger partial charge in [-0.2, -0.15) is 18.3 Å². The van der Waals surface area contributed by atoms with Crippen LogP contribution in [0.15, 0.2) is 36.4 Å². The number of anilines is 1. The minimum absolute atomic E-state index is 0.0327. The molecule has 4 N–H and O–H groups in total. The number of rotatable bonds is 4. The molecule has 1 aromatic heterocycles. The average Bonchev–Trinajstić information content (AvgIpc) is 3.34. The van der Waals surface area contributed by atoms with Gasteiger partial charge >= 0.3 is 6.18 Å². The second-order valence-corrected chi connectivity index (χ2v) is 9.05. The summed E-state index contributed by atoms with van der Waals surface area (Å²) >= 11 is 6.32. The lowest BCUT2D eigenvalue weighted by atomic mass is 9.86. The van der Waals surface area contributed by atoms with E-state index in [1.54, 1.807) is 14.1 Å². The minimum atomic E-state index is -4.97. The Hall–Kier alpha value is -4.19. The van der Waals surface area contributed by atoms with E-state index in [9.17, 15) is 27.2 Å². The highest BCUT2D eigenvalue weighted by molar-refractivity contribution is 6.31. The van der Waals surface area contributed by atoms with Gasteiger partial charge in [0, 0.05) is 41.2 Å². The number of primary amides is 1. The fourth-order valence-corrected chi connectivity index (χ4v) is 5.09. The molecule has 1 aliphatic heterocycles. The standard InChI is InChI=1S/C25H17ClF5N5O2/c1-33-23-14-8-12(17-13(22(32)37)5-9(6-16(17)28)25(29,30)31)18-19(21(14)35-36(23)2)24(38)34-20(18)11-7-10(27)3-4-15(11)26/h3-8,20,33H,1-2H3,(H2,32,37)(H,34,38). The van der Waals surface area contributed by atoms with Crippen molar-refractivity contribution < 1.29 is 31.5 Å². The number of benzene rings is 3. The third-order valence-electron chi connectivity index (χ3n) is 6.42. The highest BCUT2D eigenvalue weighted by atomic mass is 35.5. The summed E-state index contributed by atoms with van der Waals surface area (Å²) in [5.74, 6) is -3.66. The number of halogens is 6. The molecule has 1 unspecified atom stereocenters. The molecule has 0 saturated carbocycles. The summed E-state index contributed by atoms with van der Waals surface area (Å²) in [6.07, 6.45) is -4.97. The zero-order valence-corrected chi connectivity index (χ0v) is 20.4. The summed E-state index contributed by atoms with van der Waals surface area (Å²) < 4.78 is 71.6. The van der Waals surface area contributed by atoms with Crippen LogP contribution in [-0.4, -0.2) is 28.6 Å². The van der Waals surface area contributed by atoms with Crippen molar-refractivity contribution in [2.75, 3.05) is 12.4 Å². The monoisotopic (exact) mass is 549 g/mol. The first-order valence-corrected chi connectivity index (χ1v) is 11.4. The normalized spacial score (nSPS) is 15.1. The molecular formula is C25H17ClF5N5O2. The van der Waals surface area contributed by atoms with E-state index in [1.807, 2.05) is 0 Å². The summed E-state index contributed by atoms with van der Waals surface area (Å²) in [5.41, 5.74) is 2.90. The Kier molecular flexibility index (Phi) is 5.82. The number of nitrogens with two attached hydrogens (primary N) is 1. The number of carbonyl (C=O) groups is 2. The van der Waals surface area contributed by atoms with Gasteiger partial charge in [-0.05, 0) is 42.0 Å². The topological polar surface area (TPSA) is 102 Å². The third-order valence-corrected chi connectivity index (χ3v) is 6.76. The fraction of sp³-hybridized carbons (Fsp3) is 0.160. The van der Waals surface area contributed by atoms with E-state index in [4.69, 9.17) is 17.3 Å². The van der Waals surface area contributed by atoms with Gasteiger partial charge in [-0.3, -0.25) is 14.3 Å². The van der Waals surface area contributed by atoms with Crippen molar-refractivity contribution in [1.82, 2.24) is 15.1 Å². The first kappa shape index (κ1) is 25.5. The molecule has 1 aliphatic rings. The van der Waals surface area contributed by atoms with E-state index in [0.29, 0.717) is 17.3 Å². The van der Waals surface area contributed by atoms with Gasteiger partial charge < -0.3 is 16.4 Å². The van der Waals surface area contributed by atoms with Gasteiger partial charge in [-0.15, -0.1) is 0 Å². The Morgan fingerprint density at radius 3 is 2.50 bits per heavy atom. The van der Waals surface area contributed by atoms with Crippen LogP contribution < -0.4 is 16.4 Å². The number of nitrogens with one attached hydrogen (secondary N) is 2.